The SMILES string of the molecule is Cc1cccc(N(CC(=O)Nc2ccc(Cl)cc2)S(C)(=O)=O)c1C. The Morgan fingerprint density at radius 1 is 1.12 bits per heavy atom. The van der Waals surface area contributed by atoms with Crippen LogP contribution in [0.2, 0.25) is 5.02 Å². The summed E-state index contributed by atoms with van der Waals surface area (Å²) in [5, 5.41) is 3.23. The summed E-state index contributed by atoms with van der Waals surface area (Å²) in [4.78, 5) is 12.3. The second kappa shape index (κ2) is 7.23. The highest BCUT2D eigenvalue weighted by Gasteiger charge is 2.22. The van der Waals surface area contributed by atoms with Gasteiger partial charge in [0.2, 0.25) is 15.9 Å². The Bertz CT molecular complexity index is 849. The molecule has 0 spiro atoms. The van der Waals surface area contributed by atoms with E-state index in [9.17, 15) is 13.2 Å². The van der Waals surface area contributed by atoms with Crippen molar-refractivity contribution in [3.8, 4) is 0 Å². The molecule has 7 heteroatoms. The fourth-order valence-electron chi connectivity index (χ4n) is 2.25. The molecule has 2 aromatic rings. The highest BCUT2D eigenvalue weighted by atomic mass is 35.5. The molecule has 0 bridgehead atoms. The Morgan fingerprint density at radius 3 is 2.33 bits per heavy atom. The zero-order valence-electron chi connectivity index (χ0n) is 13.7. The highest BCUT2D eigenvalue weighted by molar-refractivity contribution is 7.92. The molecule has 128 valence electrons. The largest absolute Gasteiger partial charge is 0.325 e. The average Bonchev–Trinajstić information content (AvgIpc) is 2.49. The first-order valence-corrected chi connectivity index (χ1v) is 9.50. The van der Waals surface area contributed by atoms with E-state index in [0.29, 0.717) is 16.4 Å². The first-order chi connectivity index (χ1) is 11.2. The molecule has 2 aromatic carbocycles. The summed E-state index contributed by atoms with van der Waals surface area (Å²) in [6.07, 6.45) is 1.09. The maximum Gasteiger partial charge on any atom is 0.245 e. The van der Waals surface area contributed by atoms with E-state index in [1.807, 2.05) is 19.9 Å². The van der Waals surface area contributed by atoms with E-state index < -0.39 is 15.9 Å². The van der Waals surface area contributed by atoms with E-state index in [2.05, 4.69) is 5.32 Å². The molecule has 0 radical (unpaired) electrons. The number of amides is 1. The van der Waals surface area contributed by atoms with Crippen LogP contribution in [0, 0.1) is 13.8 Å². The van der Waals surface area contributed by atoms with Gasteiger partial charge in [-0.2, -0.15) is 0 Å². The molecule has 0 atom stereocenters. The summed E-state index contributed by atoms with van der Waals surface area (Å²) in [5.74, 6) is -0.427. The fraction of sp³-hybridized carbons (Fsp3) is 0.235. The average molecular weight is 367 g/mol. The lowest BCUT2D eigenvalue weighted by Gasteiger charge is -2.24. The van der Waals surface area contributed by atoms with E-state index in [1.54, 1.807) is 36.4 Å². The molecule has 0 aliphatic heterocycles. The summed E-state index contributed by atoms with van der Waals surface area (Å²) in [6, 6.07) is 12.0. The van der Waals surface area contributed by atoms with Crippen LogP contribution in [-0.4, -0.2) is 27.1 Å². The van der Waals surface area contributed by atoms with Gasteiger partial charge in [-0.1, -0.05) is 23.7 Å². The Morgan fingerprint density at radius 2 is 1.75 bits per heavy atom. The van der Waals surface area contributed by atoms with E-state index in [0.717, 1.165) is 21.7 Å². The number of carbonyl (C=O) groups excluding carboxylic acids is 1. The van der Waals surface area contributed by atoms with Crippen molar-refractivity contribution in [2.45, 2.75) is 13.8 Å². The Hall–Kier alpha value is -2.05. The number of rotatable bonds is 5. The van der Waals surface area contributed by atoms with Gasteiger partial charge in [-0.15, -0.1) is 0 Å². The molecule has 1 amide bonds. The van der Waals surface area contributed by atoms with Crippen LogP contribution in [0.25, 0.3) is 0 Å². The normalized spacial score (nSPS) is 11.2. The monoisotopic (exact) mass is 366 g/mol. The standard InChI is InChI=1S/C17H19ClN2O3S/c1-12-5-4-6-16(13(12)2)20(24(3,22)23)11-17(21)19-15-9-7-14(18)8-10-15/h4-10H,11H2,1-3H3,(H,19,21). The lowest BCUT2D eigenvalue weighted by atomic mass is 10.1. The molecular weight excluding hydrogens is 348 g/mol. The third-order valence-electron chi connectivity index (χ3n) is 3.66. The Labute approximate surface area is 147 Å². The molecule has 0 aliphatic carbocycles. The molecule has 0 heterocycles. The molecule has 0 unspecified atom stereocenters. The summed E-state index contributed by atoms with van der Waals surface area (Å²) in [6.45, 7) is 3.43. The van der Waals surface area contributed by atoms with Gasteiger partial charge in [-0.25, -0.2) is 8.42 Å². The van der Waals surface area contributed by atoms with Crippen molar-refractivity contribution in [2.75, 3.05) is 22.4 Å². The van der Waals surface area contributed by atoms with Crippen LogP contribution in [0.1, 0.15) is 11.1 Å². The van der Waals surface area contributed by atoms with Crippen LogP contribution in [-0.2, 0) is 14.8 Å². The van der Waals surface area contributed by atoms with Gasteiger partial charge in [0.05, 0.1) is 11.9 Å². The molecule has 0 saturated carbocycles. The van der Waals surface area contributed by atoms with Crippen molar-refractivity contribution in [2.24, 2.45) is 0 Å². The number of halogens is 1. The number of anilines is 2. The topological polar surface area (TPSA) is 66.5 Å². The molecular formula is C17H19ClN2O3S. The predicted octanol–water partition coefficient (Wildman–Crippen LogP) is 3.36. The summed E-state index contributed by atoms with van der Waals surface area (Å²) >= 11 is 5.80. The van der Waals surface area contributed by atoms with Gasteiger partial charge in [0, 0.05) is 10.7 Å². The number of hydrogen-bond acceptors (Lipinski definition) is 3. The molecule has 2 rings (SSSR count). The zero-order valence-corrected chi connectivity index (χ0v) is 15.3. The van der Waals surface area contributed by atoms with Crippen molar-refractivity contribution >= 4 is 38.9 Å². The number of sulfonamides is 1. The van der Waals surface area contributed by atoms with Gasteiger partial charge in [0.15, 0.2) is 0 Å². The Balaban J connectivity index is 2.25. The number of carbonyl (C=O) groups is 1. The minimum atomic E-state index is -3.60. The van der Waals surface area contributed by atoms with Gasteiger partial charge in [-0.3, -0.25) is 9.10 Å². The number of nitrogens with one attached hydrogen (secondary N) is 1. The number of aryl methyl sites for hydroxylation is 1. The quantitative estimate of drug-likeness (QED) is 0.882. The molecule has 0 aliphatic rings. The summed E-state index contributed by atoms with van der Waals surface area (Å²) in [7, 11) is -3.60. The maximum absolute atomic E-state index is 12.3. The smallest absolute Gasteiger partial charge is 0.245 e. The third kappa shape index (κ3) is 4.49. The summed E-state index contributed by atoms with van der Waals surface area (Å²) in [5.41, 5.74) is 2.84. The molecule has 0 saturated heterocycles. The fourth-order valence-corrected chi connectivity index (χ4v) is 3.28. The lowest BCUT2D eigenvalue weighted by Crippen LogP contribution is -2.38. The van der Waals surface area contributed by atoms with Crippen LogP contribution >= 0.6 is 11.6 Å². The van der Waals surface area contributed by atoms with Gasteiger partial charge in [0.1, 0.15) is 6.54 Å². The van der Waals surface area contributed by atoms with Crippen molar-refractivity contribution in [1.82, 2.24) is 0 Å². The predicted molar refractivity (Wildman–Crippen MR) is 98.2 cm³/mol. The van der Waals surface area contributed by atoms with Gasteiger partial charge in [-0.05, 0) is 55.3 Å². The van der Waals surface area contributed by atoms with Crippen LogP contribution in [0.3, 0.4) is 0 Å². The van der Waals surface area contributed by atoms with E-state index in [-0.39, 0.29) is 6.54 Å². The Kier molecular flexibility index (Phi) is 5.51. The van der Waals surface area contributed by atoms with Crippen molar-refractivity contribution in [3.05, 3.63) is 58.6 Å². The second-order valence-corrected chi connectivity index (χ2v) is 7.89. The van der Waals surface area contributed by atoms with Crippen LogP contribution < -0.4 is 9.62 Å². The highest BCUT2D eigenvalue weighted by Crippen LogP contribution is 2.25. The van der Waals surface area contributed by atoms with Crippen molar-refractivity contribution in [1.29, 1.82) is 0 Å². The first-order valence-electron chi connectivity index (χ1n) is 7.28. The molecule has 24 heavy (non-hydrogen) atoms. The lowest BCUT2D eigenvalue weighted by molar-refractivity contribution is -0.114. The van der Waals surface area contributed by atoms with Crippen molar-refractivity contribution in [3.63, 3.8) is 0 Å². The minimum absolute atomic E-state index is 0.300. The number of nitrogens with zero attached hydrogens (tertiary/aromatic N) is 1. The molecule has 5 nitrogen and oxygen atoms in total. The number of hydrogen-bond donors (Lipinski definition) is 1. The van der Waals surface area contributed by atoms with E-state index >= 15 is 0 Å². The summed E-state index contributed by atoms with van der Waals surface area (Å²) < 4.78 is 25.4. The maximum atomic E-state index is 12.3. The third-order valence-corrected chi connectivity index (χ3v) is 5.04. The van der Waals surface area contributed by atoms with Gasteiger partial charge >= 0.3 is 0 Å². The minimum Gasteiger partial charge on any atom is -0.325 e. The number of benzene rings is 2. The van der Waals surface area contributed by atoms with E-state index in [4.69, 9.17) is 11.6 Å². The molecule has 0 fully saturated rings. The zero-order chi connectivity index (χ0) is 17.9. The molecule has 1 N–H and O–H groups in total. The van der Waals surface area contributed by atoms with Crippen molar-refractivity contribution < 1.29 is 13.2 Å². The van der Waals surface area contributed by atoms with Crippen LogP contribution in [0.4, 0.5) is 11.4 Å². The molecule has 0 aromatic heterocycles. The van der Waals surface area contributed by atoms with Gasteiger partial charge < -0.3 is 5.32 Å². The van der Waals surface area contributed by atoms with Crippen LogP contribution in [0.15, 0.2) is 42.5 Å². The second-order valence-electron chi connectivity index (χ2n) is 5.54. The van der Waals surface area contributed by atoms with E-state index in [1.165, 1.54) is 0 Å². The first kappa shape index (κ1) is 18.3. The van der Waals surface area contributed by atoms with Gasteiger partial charge in [0.25, 0.3) is 0 Å². The van der Waals surface area contributed by atoms with Crippen LogP contribution in [0.5, 0.6) is 0 Å².